The molecule has 4 N–H and O–H groups in total. The second kappa shape index (κ2) is 8.75. The summed E-state index contributed by atoms with van der Waals surface area (Å²) in [4.78, 5) is 0. The van der Waals surface area contributed by atoms with Gasteiger partial charge >= 0.3 is 0 Å². The van der Waals surface area contributed by atoms with Crippen LogP contribution in [0.5, 0.6) is 0 Å². The maximum atomic E-state index is 15.2. The molecule has 5 rings (SSSR count). The van der Waals surface area contributed by atoms with Gasteiger partial charge in [-0.05, 0) is 44.1 Å². The molecule has 0 aromatic rings. The number of nitrogens with zero attached hydrogens (tertiary/aromatic N) is 2. The lowest BCUT2D eigenvalue weighted by Crippen LogP contribution is -2.56. The van der Waals surface area contributed by atoms with Gasteiger partial charge in [-0.15, -0.1) is 0 Å². The Hall–Kier alpha value is -0.400. The summed E-state index contributed by atoms with van der Waals surface area (Å²) in [5.41, 5.74) is 5.39. The molecule has 9 nitrogen and oxygen atoms in total. The molecule has 7 atom stereocenters. The highest BCUT2D eigenvalue weighted by Gasteiger charge is 2.47. The third-order valence-corrected chi connectivity index (χ3v) is 10.0. The predicted molar refractivity (Wildman–Crippen MR) is 115 cm³/mol. The van der Waals surface area contributed by atoms with Crippen LogP contribution in [0.2, 0.25) is 0 Å². The number of piperidine rings is 1. The summed E-state index contributed by atoms with van der Waals surface area (Å²) >= 11 is 0. The smallest absolute Gasteiger partial charge is 0.217 e. The van der Waals surface area contributed by atoms with Gasteiger partial charge in [0, 0.05) is 51.8 Å². The van der Waals surface area contributed by atoms with Crippen molar-refractivity contribution >= 4 is 10.0 Å². The van der Waals surface area contributed by atoms with Crippen LogP contribution in [0.3, 0.4) is 0 Å². The number of hydrogen-bond acceptors (Lipinski definition) is 8. The molecule has 6 unspecified atom stereocenters. The van der Waals surface area contributed by atoms with Crippen molar-refractivity contribution in [2.45, 2.75) is 67.7 Å². The maximum absolute atomic E-state index is 15.2. The van der Waals surface area contributed by atoms with E-state index in [1.165, 1.54) is 0 Å². The highest BCUT2D eigenvalue weighted by Crippen LogP contribution is 2.38. The van der Waals surface area contributed by atoms with E-state index >= 15 is 4.39 Å². The molecule has 5 fully saturated rings. The zero-order valence-electron chi connectivity index (χ0n) is 18.4. The average Bonchev–Trinajstić information content (AvgIpc) is 3.49. The van der Waals surface area contributed by atoms with Crippen molar-refractivity contribution in [3.63, 3.8) is 0 Å². The molecule has 0 bridgehead atoms. The van der Waals surface area contributed by atoms with Gasteiger partial charge in [0.2, 0.25) is 10.0 Å². The largest absolute Gasteiger partial charge is 0.378 e. The van der Waals surface area contributed by atoms with Crippen molar-refractivity contribution in [3.8, 4) is 0 Å². The van der Waals surface area contributed by atoms with Crippen LogP contribution in [-0.4, -0.2) is 94.0 Å². The van der Waals surface area contributed by atoms with E-state index in [2.05, 4.69) is 25.9 Å². The summed E-state index contributed by atoms with van der Waals surface area (Å²) in [5.74, 6) is 0.446. The monoisotopic (exact) mass is 460 g/mol. The Bertz CT molecular complexity index is 749. The van der Waals surface area contributed by atoms with Gasteiger partial charge in [-0.1, -0.05) is 6.42 Å². The molecule has 0 aromatic heterocycles. The molecule has 1 saturated carbocycles. The number of hydrazine groups is 2. The van der Waals surface area contributed by atoms with E-state index in [1.54, 1.807) is 0 Å². The lowest BCUT2D eigenvalue weighted by atomic mass is 9.80. The van der Waals surface area contributed by atoms with E-state index in [9.17, 15) is 8.42 Å². The minimum absolute atomic E-state index is 0.0521. The van der Waals surface area contributed by atoms with Crippen LogP contribution >= 0.6 is 0 Å². The van der Waals surface area contributed by atoms with Crippen LogP contribution in [0.4, 0.5) is 4.39 Å². The summed E-state index contributed by atoms with van der Waals surface area (Å²) in [5, 5.41) is 7.00. The molecule has 0 aromatic carbocycles. The number of sulfonamides is 1. The van der Waals surface area contributed by atoms with Crippen LogP contribution in [0.25, 0.3) is 0 Å². The summed E-state index contributed by atoms with van der Waals surface area (Å²) in [7, 11) is -1.46. The van der Waals surface area contributed by atoms with Crippen molar-refractivity contribution in [3.05, 3.63) is 0 Å². The van der Waals surface area contributed by atoms with Crippen LogP contribution in [-0.2, 0) is 14.8 Å². The standard InChI is InChI=1S/C20H37FN6O3S/c1-26-19-14(10-23-26)3-2-4-17(19)25-31(28,29)16-11-24-27(12-16)18-9-15(5-7-22-18)20(21)6-8-30-13-20/h14-19,22-25H,2-13H2,1H3/t14?,15?,16?,17?,18?,19?,20-/m1/s1. The Labute approximate surface area is 184 Å². The summed E-state index contributed by atoms with van der Waals surface area (Å²) in [6, 6.07) is 0.160. The van der Waals surface area contributed by atoms with Crippen molar-refractivity contribution in [1.82, 2.24) is 30.9 Å². The van der Waals surface area contributed by atoms with Crippen molar-refractivity contribution in [1.29, 1.82) is 0 Å². The Kier molecular flexibility index (Phi) is 6.32. The zero-order valence-corrected chi connectivity index (χ0v) is 19.2. The zero-order chi connectivity index (χ0) is 21.6. The number of nitrogens with one attached hydrogen (secondary N) is 4. The maximum Gasteiger partial charge on any atom is 0.217 e. The number of hydrogen-bond donors (Lipinski definition) is 4. The van der Waals surface area contributed by atoms with Crippen molar-refractivity contribution in [2.75, 3.05) is 46.4 Å². The predicted octanol–water partition coefficient (Wildman–Crippen LogP) is -0.464. The molecule has 11 heteroatoms. The molecule has 0 radical (unpaired) electrons. The summed E-state index contributed by atoms with van der Waals surface area (Å²) in [6.45, 7) is 3.13. The fraction of sp³-hybridized carbons (Fsp3) is 1.00. The second-order valence-electron chi connectivity index (χ2n) is 10.1. The van der Waals surface area contributed by atoms with E-state index in [-0.39, 0.29) is 30.8 Å². The average molecular weight is 461 g/mol. The van der Waals surface area contributed by atoms with Gasteiger partial charge in [0.25, 0.3) is 0 Å². The van der Waals surface area contributed by atoms with Crippen LogP contribution in [0, 0.1) is 11.8 Å². The van der Waals surface area contributed by atoms with Crippen molar-refractivity contribution in [2.24, 2.45) is 11.8 Å². The first-order valence-corrected chi connectivity index (χ1v) is 13.4. The first kappa shape index (κ1) is 22.4. The van der Waals surface area contributed by atoms with E-state index in [4.69, 9.17) is 4.74 Å². The molecule has 1 aliphatic carbocycles. The van der Waals surface area contributed by atoms with Gasteiger partial charge in [0.05, 0.1) is 12.8 Å². The van der Waals surface area contributed by atoms with Gasteiger partial charge in [-0.2, -0.15) is 0 Å². The van der Waals surface area contributed by atoms with Crippen LogP contribution in [0.15, 0.2) is 0 Å². The minimum atomic E-state index is -3.47. The Morgan fingerprint density at radius 1 is 1.19 bits per heavy atom. The SMILES string of the molecule is CN1NCC2CCCC(NS(=O)(=O)C3CNN(C4CC([C@@]5(F)CCOC5)CCN4)C3)C21. The van der Waals surface area contributed by atoms with Crippen LogP contribution < -0.4 is 20.9 Å². The molecule has 4 aliphatic heterocycles. The topological polar surface area (TPSA) is 98.0 Å². The Morgan fingerprint density at radius 2 is 2.06 bits per heavy atom. The molecule has 4 saturated heterocycles. The summed E-state index contributed by atoms with van der Waals surface area (Å²) in [6.07, 6.45) is 4.94. The number of alkyl halides is 1. The van der Waals surface area contributed by atoms with Gasteiger partial charge in [0.15, 0.2) is 0 Å². The lowest BCUT2D eigenvalue weighted by Gasteiger charge is -2.40. The van der Waals surface area contributed by atoms with Gasteiger partial charge in [0.1, 0.15) is 10.9 Å². The molecule has 0 amide bonds. The Morgan fingerprint density at radius 3 is 2.87 bits per heavy atom. The fourth-order valence-corrected chi connectivity index (χ4v) is 7.90. The second-order valence-corrected chi connectivity index (χ2v) is 12.1. The molecule has 4 heterocycles. The van der Waals surface area contributed by atoms with Crippen LogP contribution in [0.1, 0.15) is 38.5 Å². The lowest BCUT2D eigenvalue weighted by molar-refractivity contribution is 0.00489. The fourth-order valence-electron chi connectivity index (χ4n) is 6.37. The first-order valence-electron chi connectivity index (χ1n) is 11.8. The Balaban J connectivity index is 1.20. The number of rotatable bonds is 5. The highest BCUT2D eigenvalue weighted by molar-refractivity contribution is 7.90. The van der Waals surface area contributed by atoms with E-state index in [0.717, 1.165) is 38.8 Å². The molecule has 31 heavy (non-hydrogen) atoms. The number of fused-ring (bicyclic) bond motifs is 1. The summed E-state index contributed by atoms with van der Waals surface area (Å²) < 4.78 is 50.1. The third kappa shape index (κ3) is 4.40. The molecular formula is C20H37FN6O3S. The molecular weight excluding hydrogens is 423 g/mol. The quantitative estimate of drug-likeness (QED) is 0.438. The highest BCUT2D eigenvalue weighted by atomic mass is 32.2. The number of likely N-dealkylation sites (N-methyl/N-ethyl adjacent to an activating group) is 1. The first-order chi connectivity index (χ1) is 14.9. The number of halogens is 1. The van der Waals surface area contributed by atoms with E-state index < -0.39 is 20.9 Å². The number of ether oxygens (including phenoxy) is 1. The normalized spacial score (nSPS) is 45.2. The van der Waals surface area contributed by atoms with Crippen molar-refractivity contribution < 1.29 is 17.5 Å². The van der Waals surface area contributed by atoms with Gasteiger partial charge in [-0.25, -0.2) is 27.5 Å². The third-order valence-electron chi connectivity index (χ3n) is 8.20. The molecule has 178 valence electrons. The van der Waals surface area contributed by atoms with Gasteiger partial charge < -0.3 is 10.1 Å². The minimum Gasteiger partial charge on any atom is -0.378 e. The van der Waals surface area contributed by atoms with E-state index in [0.29, 0.717) is 38.5 Å². The van der Waals surface area contributed by atoms with E-state index in [1.807, 2.05) is 12.1 Å². The molecule has 0 spiro atoms. The molecule has 5 aliphatic rings. The van der Waals surface area contributed by atoms with Gasteiger partial charge in [-0.3, -0.25) is 10.9 Å².